The van der Waals surface area contributed by atoms with Gasteiger partial charge in [-0.15, -0.1) is 10.2 Å². The van der Waals surface area contributed by atoms with E-state index in [1.54, 1.807) is 14.2 Å². The molecule has 2 heterocycles. The molecule has 0 spiro atoms. The maximum Gasteiger partial charge on any atom is 0.297 e. The average molecular weight is 452 g/mol. The zero-order chi connectivity index (χ0) is 23.3. The van der Waals surface area contributed by atoms with Gasteiger partial charge >= 0.3 is 0 Å². The molecule has 4 aromatic rings. The summed E-state index contributed by atoms with van der Waals surface area (Å²) >= 11 is 0. The molecule has 0 aliphatic rings. The van der Waals surface area contributed by atoms with Gasteiger partial charge in [-0.1, -0.05) is 0 Å². The number of methoxy groups -OCH3 is 2. The Morgan fingerprint density at radius 2 is 1.06 bits per heavy atom. The predicted octanol–water partition coefficient (Wildman–Crippen LogP) is 1.93. The van der Waals surface area contributed by atoms with E-state index in [-0.39, 0.29) is 24.9 Å². The van der Waals surface area contributed by atoms with Crippen molar-refractivity contribution in [2.24, 2.45) is 0 Å². The van der Waals surface area contributed by atoms with E-state index in [4.69, 9.17) is 18.9 Å². The Bertz CT molecular complexity index is 1080. The molecular weight excluding hydrogens is 428 g/mol. The lowest BCUT2D eigenvalue weighted by molar-refractivity contribution is -0.225. The van der Waals surface area contributed by atoms with Crippen LogP contribution in [0.1, 0.15) is 25.5 Å². The Morgan fingerprint density at radius 3 is 1.39 bits per heavy atom. The number of aromatic nitrogens is 8. The molecule has 2 aromatic heterocycles. The first-order valence-electron chi connectivity index (χ1n) is 10.3. The Balaban J connectivity index is 1.88. The average Bonchev–Trinajstić information content (AvgIpc) is 3.55. The van der Waals surface area contributed by atoms with Gasteiger partial charge < -0.3 is 18.9 Å². The van der Waals surface area contributed by atoms with Crippen molar-refractivity contribution in [1.29, 1.82) is 0 Å². The van der Waals surface area contributed by atoms with Crippen molar-refractivity contribution >= 4 is 0 Å². The Morgan fingerprint density at radius 1 is 0.667 bits per heavy atom. The van der Waals surface area contributed by atoms with Crippen molar-refractivity contribution in [3.63, 3.8) is 0 Å². The van der Waals surface area contributed by atoms with Crippen molar-refractivity contribution in [2.45, 2.75) is 19.6 Å². The zero-order valence-electron chi connectivity index (χ0n) is 18.7. The monoisotopic (exact) mass is 452 g/mol. The Labute approximate surface area is 190 Å². The van der Waals surface area contributed by atoms with E-state index >= 15 is 0 Å². The molecule has 0 saturated carbocycles. The lowest BCUT2D eigenvalue weighted by atomic mass is 10.2. The topological polar surface area (TPSA) is 124 Å². The molecule has 0 N–H and O–H groups in total. The third-order valence-electron chi connectivity index (χ3n) is 4.86. The number of benzene rings is 2. The summed E-state index contributed by atoms with van der Waals surface area (Å²) in [5.74, 6) is 0.355. The summed E-state index contributed by atoms with van der Waals surface area (Å²) in [5, 5.41) is 24.6. The molecule has 0 saturated heterocycles. The second-order valence-electron chi connectivity index (χ2n) is 6.71. The van der Waals surface area contributed by atoms with Crippen LogP contribution in [0.5, 0.6) is 11.5 Å². The van der Waals surface area contributed by atoms with Gasteiger partial charge in [0.05, 0.1) is 25.6 Å². The van der Waals surface area contributed by atoms with Crippen LogP contribution in [0, 0.1) is 0 Å². The van der Waals surface area contributed by atoms with Crippen LogP contribution in [0.2, 0.25) is 0 Å². The smallest absolute Gasteiger partial charge is 0.297 e. The maximum absolute atomic E-state index is 6.17. The van der Waals surface area contributed by atoms with Gasteiger partial charge in [0, 0.05) is 13.2 Å². The van der Waals surface area contributed by atoms with E-state index in [1.807, 2.05) is 62.4 Å². The van der Waals surface area contributed by atoms with Crippen molar-refractivity contribution in [2.75, 3.05) is 27.4 Å². The van der Waals surface area contributed by atoms with Crippen LogP contribution in [-0.4, -0.2) is 67.8 Å². The van der Waals surface area contributed by atoms with Gasteiger partial charge in [-0.05, 0) is 83.2 Å². The van der Waals surface area contributed by atoms with Crippen molar-refractivity contribution in [3.05, 3.63) is 60.2 Å². The van der Waals surface area contributed by atoms with Crippen LogP contribution in [0.15, 0.2) is 48.5 Å². The first-order chi connectivity index (χ1) is 16.2. The number of rotatable bonds is 10. The van der Waals surface area contributed by atoms with Crippen LogP contribution in [0.4, 0.5) is 0 Å². The highest BCUT2D eigenvalue weighted by atomic mass is 16.7. The fraction of sp³-hybridized carbons (Fsp3) is 0.333. The lowest BCUT2D eigenvalue weighted by Gasteiger charge is -2.30. The van der Waals surface area contributed by atoms with E-state index in [2.05, 4.69) is 31.1 Å². The van der Waals surface area contributed by atoms with Gasteiger partial charge in [0.1, 0.15) is 11.5 Å². The largest absolute Gasteiger partial charge is 0.497 e. The highest BCUT2D eigenvalue weighted by Gasteiger charge is 2.47. The summed E-state index contributed by atoms with van der Waals surface area (Å²) in [6, 6.07) is 14.6. The van der Waals surface area contributed by atoms with E-state index in [0.29, 0.717) is 22.9 Å². The van der Waals surface area contributed by atoms with Gasteiger partial charge in [0.15, 0.2) is 0 Å². The molecular formula is C21H24N8O4. The van der Waals surface area contributed by atoms with Crippen molar-refractivity contribution in [1.82, 2.24) is 40.4 Å². The summed E-state index contributed by atoms with van der Waals surface area (Å²) in [5.41, 5.74) is 1.37. The molecule has 0 amide bonds. The van der Waals surface area contributed by atoms with Crippen LogP contribution in [0.3, 0.4) is 0 Å². The standard InChI is InChI=1S/C21H24N8O4/c1-5-32-21(33-6-2,19-22-24-26-28(19)15-7-11-17(30-3)12-8-15)20-23-25-27-29(20)16-9-13-18(31-4)14-10-16/h7-14H,5-6H2,1-4H3. The third kappa shape index (κ3) is 4.13. The van der Waals surface area contributed by atoms with Crippen LogP contribution in [-0.2, 0) is 15.3 Å². The van der Waals surface area contributed by atoms with Gasteiger partial charge in [-0.25, -0.2) is 0 Å². The number of ether oxygens (including phenoxy) is 4. The third-order valence-corrected chi connectivity index (χ3v) is 4.86. The van der Waals surface area contributed by atoms with Crippen LogP contribution >= 0.6 is 0 Å². The summed E-state index contributed by atoms with van der Waals surface area (Å²) in [4.78, 5) is 0. The second-order valence-corrected chi connectivity index (χ2v) is 6.71. The SMILES string of the molecule is CCOC(OCC)(c1nnnn1-c1ccc(OC)cc1)c1nnnn1-c1ccc(OC)cc1. The maximum atomic E-state index is 6.17. The normalized spacial score (nSPS) is 11.5. The van der Waals surface area contributed by atoms with Gasteiger partial charge in [0.2, 0.25) is 11.6 Å². The molecule has 4 rings (SSSR count). The predicted molar refractivity (Wildman–Crippen MR) is 115 cm³/mol. The number of hydrogen-bond acceptors (Lipinski definition) is 10. The van der Waals surface area contributed by atoms with Gasteiger partial charge in [-0.2, -0.15) is 9.36 Å². The molecule has 0 bridgehead atoms. The number of tetrazole rings is 2. The van der Waals surface area contributed by atoms with Crippen LogP contribution in [0.25, 0.3) is 11.4 Å². The highest BCUT2D eigenvalue weighted by Crippen LogP contribution is 2.34. The van der Waals surface area contributed by atoms with Crippen molar-refractivity contribution < 1.29 is 18.9 Å². The molecule has 0 unspecified atom stereocenters. The molecule has 2 aromatic carbocycles. The minimum absolute atomic E-state index is 0.265. The lowest BCUT2D eigenvalue weighted by Crippen LogP contribution is -2.40. The second kappa shape index (κ2) is 9.71. The summed E-state index contributed by atoms with van der Waals surface area (Å²) in [6.07, 6.45) is 0. The highest BCUT2D eigenvalue weighted by molar-refractivity contribution is 5.40. The summed E-state index contributed by atoms with van der Waals surface area (Å²) in [6.45, 7) is 4.25. The van der Waals surface area contributed by atoms with Gasteiger partial charge in [0.25, 0.3) is 5.79 Å². The molecule has 0 radical (unpaired) electrons. The quantitative estimate of drug-likeness (QED) is 0.330. The number of hydrogen-bond donors (Lipinski definition) is 0. The molecule has 172 valence electrons. The van der Waals surface area contributed by atoms with E-state index in [9.17, 15) is 0 Å². The first-order valence-corrected chi connectivity index (χ1v) is 10.3. The summed E-state index contributed by atoms with van der Waals surface area (Å²) < 4.78 is 25.9. The molecule has 12 nitrogen and oxygen atoms in total. The summed E-state index contributed by atoms with van der Waals surface area (Å²) in [7, 11) is 3.21. The first kappa shape index (κ1) is 22.3. The molecule has 0 aliphatic heterocycles. The fourth-order valence-corrected chi connectivity index (χ4v) is 3.39. The molecule has 0 atom stereocenters. The zero-order valence-corrected chi connectivity index (χ0v) is 18.7. The van der Waals surface area contributed by atoms with E-state index in [0.717, 1.165) is 0 Å². The van der Waals surface area contributed by atoms with Crippen molar-refractivity contribution in [3.8, 4) is 22.9 Å². The minimum Gasteiger partial charge on any atom is -0.497 e. The van der Waals surface area contributed by atoms with Crippen LogP contribution < -0.4 is 9.47 Å². The molecule has 0 fully saturated rings. The van der Waals surface area contributed by atoms with E-state index < -0.39 is 5.79 Å². The molecule has 0 aliphatic carbocycles. The number of nitrogens with zero attached hydrogens (tertiary/aromatic N) is 8. The Kier molecular flexibility index (Phi) is 6.56. The fourth-order valence-electron chi connectivity index (χ4n) is 3.39. The van der Waals surface area contributed by atoms with E-state index in [1.165, 1.54) is 9.36 Å². The molecule has 12 heteroatoms. The van der Waals surface area contributed by atoms with Gasteiger partial charge in [-0.3, -0.25) is 0 Å². The Hall–Kier alpha value is -3.90. The molecule has 33 heavy (non-hydrogen) atoms. The minimum atomic E-state index is -1.59.